The van der Waals surface area contributed by atoms with Gasteiger partial charge in [-0.3, -0.25) is 9.59 Å². The van der Waals surface area contributed by atoms with Crippen molar-refractivity contribution in [3.8, 4) is 0 Å². The predicted octanol–water partition coefficient (Wildman–Crippen LogP) is 1.87. The maximum atomic E-state index is 11.6. The number of hydrogen-bond acceptors (Lipinski definition) is 2. The largest absolute Gasteiger partial charge is 0.299 e. The van der Waals surface area contributed by atoms with Crippen LogP contribution in [0.1, 0.15) is 44.9 Å². The fraction of sp³-hybridized carbons (Fsp3) is 0.800. The lowest BCUT2D eigenvalue weighted by Gasteiger charge is -2.29. The van der Waals surface area contributed by atoms with Crippen molar-refractivity contribution in [3.05, 3.63) is 0 Å². The molecule has 1 unspecified atom stereocenters. The molecule has 66 valence electrons. The van der Waals surface area contributed by atoms with Gasteiger partial charge in [0.2, 0.25) is 0 Å². The second-order valence-electron chi connectivity index (χ2n) is 3.99. The zero-order valence-electron chi connectivity index (χ0n) is 7.27. The number of ketones is 2. The van der Waals surface area contributed by atoms with Crippen molar-refractivity contribution in [2.75, 3.05) is 0 Å². The maximum absolute atomic E-state index is 11.6. The highest BCUT2D eigenvalue weighted by atomic mass is 16.2. The van der Waals surface area contributed by atoms with E-state index in [2.05, 4.69) is 0 Å². The third-order valence-corrected chi connectivity index (χ3v) is 3.33. The van der Waals surface area contributed by atoms with E-state index in [-0.39, 0.29) is 11.6 Å². The zero-order valence-corrected chi connectivity index (χ0v) is 7.27. The standard InChI is InChI=1S/C10H14O2/c11-8-4-1-2-6-10(8)7-3-5-9(10)12/h1-7H2. The Kier molecular flexibility index (Phi) is 1.78. The van der Waals surface area contributed by atoms with Crippen molar-refractivity contribution in [2.45, 2.75) is 44.9 Å². The molecule has 0 bridgehead atoms. The number of carbonyl (C=O) groups is 2. The average Bonchev–Trinajstić information content (AvgIpc) is 2.41. The van der Waals surface area contributed by atoms with Crippen molar-refractivity contribution in [2.24, 2.45) is 5.41 Å². The van der Waals surface area contributed by atoms with Crippen LogP contribution in [-0.4, -0.2) is 11.6 Å². The predicted molar refractivity (Wildman–Crippen MR) is 44.8 cm³/mol. The van der Waals surface area contributed by atoms with Crippen LogP contribution in [0.5, 0.6) is 0 Å². The van der Waals surface area contributed by atoms with E-state index >= 15 is 0 Å². The van der Waals surface area contributed by atoms with Crippen LogP contribution in [0.25, 0.3) is 0 Å². The van der Waals surface area contributed by atoms with Gasteiger partial charge in [0.25, 0.3) is 0 Å². The van der Waals surface area contributed by atoms with Gasteiger partial charge >= 0.3 is 0 Å². The molecule has 12 heavy (non-hydrogen) atoms. The number of hydrogen-bond donors (Lipinski definition) is 0. The Balaban J connectivity index is 2.27. The first kappa shape index (κ1) is 7.96. The highest BCUT2D eigenvalue weighted by Crippen LogP contribution is 2.43. The third-order valence-electron chi connectivity index (χ3n) is 3.33. The second kappa shape index (κ2) is 2.68. The molecule has 0 heterocycles. The lowest BCUT2D eigenvalue weighted by Crippen LogP contribution is -2.37. The molecule has 0 amide bonds. The normalized spacial score (nSPS) is 36.3. The molecule has 2 saturated carbocycles. The summed E-state index contributed by atoms with van der Waals surface area (Å²) in [5, 5.41) is 0. The van der Waals surface area contributed by atoms with E-state index in [1.165, 1.54) is 0 Å². The molecular weight excluding hydrogens is 152 g/mol. The minimum Gasteiger partial charge on any atom is -0.299 e. The van der Waals surface area contributed by atoms with Gasteiger partial charge in [-0.15, -0.1) is 0 Å². The van der Waals surface area contributed by atoms with Gasteiger partial charge < -0.3 is 0 Å². The second-order valence-corrected chi connectivity index (χ2v) is 3.99. The van der Waals surface area contributed by atoms with Gasteiger partial charge in [0, 0.05) is 12.8 Å². The van der Waals surface area contributed by atoms with Gasteiger partial charge in [-0.2, -0.15) is 0 Å². The molecule has 2 aliphatic rings. The third kappa shape index (κ3) is 0.936. The molecular formula is C10H14O2. The Bertz CT molecular complexity index is 232. The van der Waals surface area contributed by atoms with Crippen LogP contribution in [0.3, 0.4) is 0 Å². The van der Waals surface area contributed by atoms with Crippen molar-refractivity contribution in [1.29, 1.82) is 0 Å². The van der Waals surface area contributed by atoms with Crippen LogP contribution in [0.2, 0.25) is 0 Å². The summed E-state index contributed by atoms with van der Waals surface area (Å²) in [5.41, 5.74) is -0.488. The molecule has 1 atom stereocenters. The van der Waals surface area contributed by atoms with Gasteiger partial charge in [-0.05, 0) is 25.7 Å². The van der Waals surface area contributed by atoms with Gasteiger partial charge in [0.05, 0.1) is 5.41 Å². The highest BCUT2D eigenvalue weighted by Gasteiger charge is 2.48. The topological polar surface area (TPSA) is 34.1 Å². The molecule has 2 fully saturated rings. The summed E-state index contributed by atoms with van der Waals surface area (Å²) in [6, 6.07) is 0. The first-order valence-electron chi connectivity index (χ1n) is 4.82. The number of carbonyl (C=O) groups excluding carboxylic acids is 2. The molecule has 0 N–H and O–H groups in total. The van der Waals surface area contributed by atoms with E-state index in [9.17, 15) is 9.59 Å². The van der Waals surface area contributed by atoms with Crippen molar-refractivity contribution in [1.82, 2.24) is 0 Å². The Hall–Kier alpha value is -0.660. The quantitative estimate of drug-likeness (QED) is 0.515. The molecule has 0 saturated heterocycles. The molecule has 0 aromatic carbocycles. The van der Waals surface area contributed by atoms with Gasteiger partial charge in [-0.25, -0.2) is 0 Å². The van der Waals surface area contributed by atoms with Crippen molar-refractivity contribution in [3.63, 3.8) is 0 Å². The Morgan fingerprint density at radius 1 is 0.833 bits per heavy atom. The van der Waals surface area contributed by atoms with E-state index in [1.807, 2.05) is 0 Å². The van der Waals surface area contributed by atoms with E-state index in [1.54, 1.807) is 0 Å². The molecule has 1 spiro atoms. The van der Waals surface area contributed by atoms with Gasteiger partial charge in [-0.1, -0.05) is 6.42 Å². The minimum atomic E-state index is -0.488. The molecule has 2 nitrogen and oxygen atoms in total. The first-order valence-corrected chi connectivity index (χ1v) is 4.82. The van der Waals surface area contributed by atoms with Gasteiger partial charge in [0.1, 0.15) is 11.6 Å². The number of Topliss-reactive ketones (excluding diaryl/α,β-unsaturated/α-hetero) is 2. The van der Waals surface area contributed by atoms with Crippen molar-refractivity contribution >= 4 is 11.6 Å². The summed E-state index contributed by atoms with van der Waals surface area (Å²) in [4.78, 5) is 23.1. The lowest BCUT2D eigenvalue weighted by atomic mass is 9.71. The summed E-state index contributed by atoms with van der Waals surface area (Å²) >= 11 is 0. The fourth-order valence-electron chi connectivity index (χ4n) is 2.58. The SMILES string of the molecule is O=C1CCCCC12CCCC2=O. The first-order chi connectivity index (χ1) is 5.76. The van der Waals surface area contributed by atoms with Crippen LogP contribution < -0.4 is 0 Å². The summed E-state index contributed by atoms with van der Waals surface area (Å²) < 4.78 is 0. The smallest absolute Gasteiger partial charge is 0.146 e. The van der Waals surface area contributed by atoms with Gasteiger partial charge in [0.15, 0.2) is 0 Å². The summed E-state index contributed by atoms with van der Waals surface area (Å²) in [7, 11) is 0. The molecule has 0 aromatic heterocycles. The van der Waals surface area contributed by atoms with Crippen LogP contribution >= 0.6 is 0 Å². The highest BCUT2D eigenvalue weighted by molar-refractivity contribution is 6.08. The monoisotopic (exact) mass is 166 g/mol. The minimum absolute atomic E-state index is 0.229. The molecule has 0 radical (unpaired) electrons. The van der Waals surface area contributed by atoms with Crippen molar-refractivity contribution < 1.29 is 9.59 Å². The Morgan fingerprint density at radius 3 is 2.00 bits per heavy atom. The van der Waals surface area contributed by atoms with E-state index in [0.29, 0.717) is 12.8 Å². The Labute approximate surface area is 72.3 Å². The number of rotatable bonds is 0. The molecule has 0 aliphatic heterocycles. The average molecular weight is 166 g/mol. The summed E-state index contributed by atoms with van der Waals surface area (Å²) in [6.07, 6.45) is 5.96. The zero-order chi connectivity index (χ0) is 8.60. The van der Waals surface area contributed by atoms with E-state index in [0.717, 1.165) is 32.1 Å². The Morgan fingerprint density at radius 2 is 1.42 bits per heavy atom. The summed E-state index contributed by atoms with van der Waals surface area (Å²) in [5.74, 6) is 0.462. The lowest BCUT2D eigenvalue weighted by molar-refractivity contribution is -0.140. The van der Waals surface area contributed by atoms with E-state index < -0.39 is 5.41 Å². The van der Waals surface area contributed by atoms with Crippen LogP contribution in [0.15, 0.2) is 0 Å². The van der Waals surface area contributed by atoms with Crippen LogP contribution in [-0.2, 0) is 9.59 Å². The summed E-state index contributed by atoms with van der Waals surface area (Å²) in [6.45, 7) is 0. The molecule has 2 heteroatoms. The maximum Gasteiger partial charge on any atom is 0.146 e. The molecule has 0 aromatic rings. The molecule has 2 aliphatic carbocycles. The van der Waals surface area contributed by atoms with E-state index in [4.69, 9.17) is 0 Å². The molecule has 2 rings (SSSR count). The fourth-order valence-corrected chi connectivity index (χ4v) is 2.58. The van der Waals surface area contributed by atoms with Crippen LogP contribution in [0, 0.1) is 5.41 Å². The van der Waals surface area contributed by atoms with Crippen LogP contribution in [0.4, 0.5) is 0 Å².